The number of hydrogen-bond acceptors (Lipinski definition) is 3. The second-order valence-corrected chi connectivity index (χ2v) is 9.15. The van der Waals surface area contributed by atoms with E-state index in [2.05, 4.69) is 0 Å². The van der Waals surface area contributed by atoms with Crippen LogP contribution in [0.15, 0.2) is 0 Å². The number of nitrogens with zero attached hydrogens (tertiary/aromatic N) is 1. The number of carboxylic acid groups (broad SMARTS) is 1. The van der Waals surface area contributed by atoms with E-state index < -0.39 is 25.4 Å². The van der Waals surface area contributed by atoms with Crippen molar-refractivity contribution in [3.63, 3.8) is 0 Å². The van der Waals surface area contributed by atoms with Crippen LogP contribution in [0.5, 0.6) is 0 Å². The molecule has 1 rings (SSSR count). The zero-order chi connectivity index (χ0) is 13.4. The van der Waals surface area contributed by atoms with E-state index in [1.165, 1.54) is 4.67 Å². The maximum atomic E-state index is 13.0. The Morgan fingerprint density at radius 2 is 1.76 bits per heavy atom. The van der Waals surface area contributed by atoms with Crippen molar-refractivity contribution in [1.29, 1.82) is 0 Å². The fraction of sp³-hybridized carbons (Fsp3) is 0.909. The molecule has 100 valence electrons. The Bertz CT molecular complexity index is 330. The molecule has 0 saturated carbocycles. The van der Waals surface area contributed by atoms with Crippen molar-refractivity contribution in [3.8, 4) is 0 Å². The van der Waals surface area contributed by atoms with Gasteiger partial charge >= 0.3 is 5.97 Å². The van der Waals surface area contributed by atoms with Gasteiger partial charge in [0.15, 0.2) is 7.29 Å². The lowest BCUT2D eigenvalue weighted by Crippen LogP contribution is -2.37. The van der Waals surface area contributed by atoms with Crippen LogP contribution in [0.25, 0.3) is 0 Å². The summed E-state index contributed by atoms with van der Waals surface area (Å²) >= 11 is 0. The number of carbonyl (C=O) groups is 1. The molecule has 0 unspecified atom stereocenters. The topological polar surface area (TPSA) is 77.8 Å². The van der Waals surface area contributed by atoms with Crippen LogP contribution in [0.1, 0.15) is 34.1 Å². The van der Waals surface area contributed by atoms with Crippen molar-refractivity contribution >= 4 is 13.3 Å². The van der Waals surface area contributed by atoms with E-state index in [0.29, 0.717) is 0 Å². The molecule has 1 heterocycles. The highest BCUT2D eigenvalue weighted by Crippen LogP contribution is 2.60. The molecule has 0 bridgehead atoms. The SMILES string of the molecule is CC(C)P(=O)(C(C)C)N1C[C@H](O)C[C@H]1C(=O)O. The maximum absolute atomic E-state index is 13.0. The molecule has 5 nitrogen and oxygen atoms in total. The number of aliphatic hydroxyl groups excluding tert-OH is 1. The van der Waals surface area contributed by atoms with Gasteiger partial charge in [-0.1, -0.05) is 27.7 Å². The summed E-state index contributed by atoms with van der Waals surface area (Å²) in [6, 6.07) is -0.819. The number of aliphatic carboxylic acids is 1. The quantitative estimate of drug-likeness (QED) is 0.753. The summed E-state index contributed by atoms with van der Waals surface area (Å²) in [5.41, 5.74) is -0.204. The highest BCUT2D eigenvalue weighted by molar-refractivity contribution is 7.63. The highest BCUT2D eigenvalue weighted by Gasteiger charge is 2.48. The van der Waals surface area contributed by atoms with Crippen LogP contribution < -0.4 is 0 Å². The lowest BCUT2D eigenvalue weighted by atomic mass is 10.2. The Labute approximate surface area is 102 Å². The minimum Gasteiger partial charge on any atom is -0.480 e. The molecule has 0 aromatic heterocycles. The predicted molar refractivity (Wildman–Crippen MR) is 66.6 cm³/mol. The number of hydrogen-bond donors (Lipinski definition) is 2. The molecule has 1 fully saturated rings. The van der Waals surface area contributed by atoms with E-state index in [1.807, 2.05) is 27.7 Å². The zero-order valence-electron chi connectivity index (χ0n) is 10.8. The third-order valence-corrected chi connectivity index (χ3v) is 7.62. The van der Waals surface area contributed by atoms with Gasteiger partial charge in [0.25, 0.3) is 0 Å². The van der Waals surface area contributed by atoms with E-state index >= 15 is 0 Å². The standard InChI is InChI=1S/C11H22NO4P/c1-7(2)17(16,8(3)4)12-6-9(13)5-10(12)11(14)15/h7-10,13H,5-6H2,1-4H3,(H,14,15)/t9-,10+/m1/s1. The third kappa shape index (κ3) is 2.56. The minimum atomic E-state index is -2.77. The Hall–Kier alpha value is -0.380. The monoisotopic (exact) mass is 263 g/mol. The van der Waals surface area contributed by atoms with Gasteiger partial charge in [0, 0.05) is 24.3 Å². The van der Waals surface area contributed by atoms with E-state index in [0.717, 1.165) is 0 Å². The fourth-order valence-electron chi connectivity index (χ4n) is 2.56. The molecule has 1 aliphatic rings. The smallest absolute Gasteiger partial charge is 0.321 e. The maximum Gasteiger partial charge on any atom is 0.321 e. The molecule has 0 aromatic rings. The van der Waals surface area contributed by atoms with Crippen molar-refractivity contribution in [1.82, 2.24) is 4.67 Å². The van der Waals surface area contributed by atoms with Gasteiger partial charge in [-0.3, -0.25) is 4.79 Å². The summed E-state index contributed by atoms with van der Waals surface area (Å²) < 4.78 is 14.6. The van der Waals surface area contributed by atoms with Gasteiger partial charge in [-0.25, -0.2) is 4.67 Å². The molecule has 6 heteroatoms. The van der Waals surface area contributed by atoms with Crippen LogP contribution in [0.4, 0.5) is 0 Å². The molecular weight excluding hydrogens is 241 g/mol. The van der Waals surface area contributed by atoms with E-state index in [4.69, 9.17) is 5.11 Å². The molecule has 2 atom stereocenters. The number of β-amino-alcohol motifs (C(OH)–C–C–N with tert-alkyl or cyclic N) is 1. The van der Waals surface area contributed by atoms with E-state index in [1.54, 1.807) is 0 Å². The van der Waals surface area contributed by atoms with Crippen molar-refractivity contribution in [2.45, 2.75) is 57.6 Å². The van der Waals surface area contributed by atoms with Gasteiger partial charge in [-0.15, -0.1) is 0 Å². The van der Waals surface area contributed by atoms with Crippen LogP contribution in [0.2, 0.25) is 0 Å². The lowest BCUT2D eigenvalue weighted by molar-refractivity contribution is -0.140. The Kier molecular flexibility index (Phi) is 4.39. The average Bonchev–Trinajstić information content (AvgIpc) is 2.58. The van der Waals surface area contributed by atoms with Crippen molar-refractivity contribution in [2.75, 3.05) is 6.54 Å². The average molecular weight is 263 g/mol. The fourth-order valence-corrected chi connectivity index (χ4v) is 6.01. The Morgan fingerprint density at radius 3 is 2.12 bits per heavy atom. The van der Waals surface area contributed by atoms with Gasteiger partial charge in [-0.2, -0.15) is 0 Å². The first-order valence-electron chi connectivity index (χ1n) is 5.98. The first-order chi connectivity index (χ1) is 7.71. The Balaban J connectivity index is 3.11. The largest absolute Gasteiger partial charge is 0.480 e. The molecule has 0 radical (unpaired) electrons. The van der Waals surface area contributed by atoms with Gasteiger partial charge < -0.3 is 14.8 Å². The molecule has 0 spiro atoms. The van der Waals surface area contributed by atoms with Gasteiger partial charge in [0.05, 0.1) is 6.10 Å². The minimum absolute atomic E-state index is 0.102. The summed E-state index contributed by atoms with van der Waals surface area (Å²) in [4.78, 5) is 11.2. The molecule has 0 aromatic carbocycles. The van der Waals surface area contributed by atoms with Crippen molar-refractivity contribution < 1.29 is 19.6 Å². The summed E-state index contributed by atoms with van der Waals surface area (Å²) in [6.07, 6.45) is -0.527. The molecule has 0 aliphatic carbocycles. The molecule has 1 aliphatic heterocycles. The Morgan fingerprint density at radius 1 is 1.29 bits per heavy atom. The number of carboxylic acids is 1. The first-order valence-corrected chi connectivity index (χ1v) is 7.78. The van der Waals surface area contributed by atoms with Gasteiger partial charge in [0.1, 0.15) is 6.04 Å². The highest BCUT2D eigenvalue weighted by atomic mass is 31.2. The molecule has 1 saturated heterocycles. The predicted octanol–water partition coefficient (Wildman–Crippen LogP) is 1.60. The van der Waals surface area contributed by atoms with Crippen LogP contribution in [-0.4, -0.2) is 50.9 Å². The molecular formula is C11H22NO4P. The molecule has 0 amide bonds. The van der Waals surface area contributed by atoms with Gasteiger partial charge in [0.2, 0.25) is 0 Å². The summed E-state index contributed by atoms with van der Waals surface area (Å²) in [7, 11) is -2.77. The number of rotatable bonds is 4. The van der Waals surface area contributed by atoms with Crippen molar-refractivity contribution in [2.24, 2.45) is 0 Å². The third-order valence-electron chi connectivity index (χ3n) is 3.42. The second-order valence-electron chi connectivity index (χ2n) is 5.23. The summed E-state index contributed by atoms with van der Waals surface area (Å²) in [5, 5.41) is 18.8. The first kappa shape index (κ1) is 14.7. The van der Waals surface area contributed by atoms with Crippen LogP contribution >= 0.6 is 7.29 Å². The van der Waals surface area contributed by atoms with E-state index in [-0.39, 0.29) is 24.3 Å². The normalized spacial score (nSPS) is 27.0. The van der Waals surface area contributed by atoms with Gasteiger partial charge in [-0.05, 0) is 0 Å². The van der Waals surface area contributed by atoms with Crippen LogP contribution in [0, 0.1) is 0 Å². The molecule has 2 N–H and O–H groups in total. The van der Waals surface area contributed by atoms with Crippen molar-refractivity contribution in [3.05, 3.63) is 0 Å². The number of aliphatic hydroxyl groups is 1. The van der Waals surface area contributed by atoms with Crippen LogP contribution in [0.3, 0.4) is 0 Å². The zero-order valence-corrected chi connectivity index (χ0v) is 11.7. The molecule has 17 heavy (non-hydrogen) atoms. The van der Waals surface area contributed by atoms with E-state index in [9.17, 15) is 14.5 Å². The van der Waals surface area contributed by atoms with Crippen LogP contribution in [-0.2, 0) is 9.36 Å². The lowest BCUT2D eigenvalue weighted by Gasteiger charge is -2.36. The summed E-state index contributed by atoms with van der Waals surface area (Å²) in [5.74, 6) is -0.997. The second kappa shape index (κ2) is 5.09. The summed E-state index contributed by atoms with van der Waals surface area (Å²) in [6.45, 7) is 7.61.